The van der Waals surface area contributed by atoms with Crippen LogP contribution < -0.4 is 10.6 Å². The van der Waals surface area contributed by atoms with Gasteiger partial charge >= 0.3 is 11.8 Å². The Morgan fingerprint density at radius 1 is 1.12 bits per heavy atom. The van der Waals surface area contributed by atoms with Crippen LogP contribution >= 0.6 is 0 Å². The van der Waals surface area contributed by atoms with Gasteiger partial charge < -0.3 is 15.4 Å². The number of nitrogens with zero attached hydrogens (tertiary/aromatic N) is 1. The molecule has 6 nitrogen and oxygen atoms in total. The van der Waals surface area contributed by atoms with Crippen LogP contribution in [0.2, 0.25) is 0 Å². The Morgan fingerprint density at radius 2 is 1.83 bits per heavy atom. The highest BCUT2D eigenvalue weighted by Gasteiger charge is 2.37. The molecular weight excluding hydrogens is 306 g/mol. The number of hydrogen-bond acceptors (Lipinski definition) is 4. The van der Waals surface area contributed by atoms with Crippen molar-refractivity contribution in [1.82, 2.24) is 10.3 Å². The van der Waals surface area contributed by atoms with Gasteiger partial charge in [-0.15, -0.1) is 0 Å². The van der Waals surface area contributed by atoms with Crippen molar-refractivity contribution in [2.24, 2.45) is 0 Å². The lowest BCUT2D eigenvalue weighted by Crippen LogP contribution is -2.48. The lowest BCUT2D eigenvalue weighted by Gasteiger charge is -2.27. The Bertz CT molecular complexity index is 721. The van der Waals surface area contributed by atoms with Gasteiger partial charge in [-0.2, -0.15) is 0 Å². The van der Waals surface area contributed by atoms with Gasteiger partial charge in [-0.25, -0.2) is 0 Å². The number of hydrogen-bond donors (Lipinski definition) is 2. The summed E-state index contributed by atoms with van der Waals surface area (Å²) in [6.07, 6.45) is 4.50. The number of anilines is 1. The first-order valence-corrected chi connectivity index (χ1v) is 7.73. The molecule has 2 amide bonds. The smallest absolute Gasteiger partial charge is 0.313 e. The van der Waals surface area contributed by atoms with Crippen LogP contribution in [0, 0.1) is 0 Å². The van der Waals surface area contributed by atoms with E-state index in [-0.39, 0.29) is 6.54 Å². The molecule has 0 saturated heterocycles. The predicted octanol–water partition coefficient (Wildman–Crippen LogP) is 1.32. The molecule has 2 N–H and O–H groups in total. The number of pyridine rings is 1. The summed E-state index contributed by atoms with van der Waals surface area (Å²) >= 11 is 0. The number of benzene rings is 1. The predicted molar refractivity (Wildman–Crippen MR) is 89.5 cm³/mol. The van der Waals surface area contributed by atoms with Crippen LogP contribution in [-0.2, 0) is 27.2 Å². The Hall–Kier alpha value is -2.73. The molecule has 3 rings (SSSR count). The minimum Gasteiger partial charge on any atom is -0.376 e. The van der Waals surface area contributed by atoms with E-state index in [0.29, 0.717) is 18.5 Å². The van der Waals surface area contributed by atoms with E-state index in [1.54, 1.807) is 25.4 Å². The van der Waals surface area contributed by atoms with Crippen LogP contribution in [0.1, 0.15) is 11.1 Å². The summed E-state index contributed by atoms with van der Waals surface area (Å²) in [6.45, 7) is 0.275. The second-order valence-corrected chi connectivity index (χ2v) is 5.89. The highest BCUT2D eigenvalue weighted by Crippen LogP contribution is 2.32. The van der Waals surface area contributed by atoms with Gasteiger partial charge in [0.05, 0.1) is 17.5 Å². The molecule has 1 aromatic heterocycles. The van der Waals surface area contributed by atoms with E-state index in [4.69, 9.17) is 4.74 Å². The van der Waals surface area contributed by atoms with Crippen molar-refractivity contribution in [3.63, 3.8) is 0 Å². The lowest BCUT2D eigenvalue weighted by atomic mass is 10.00. The van der Waals surface area contributed by atoms with Crippen LogP contribution in [-0.4, -0.2) is 36.1 Å². The summed E-state index contributed by atoms with van der Waals surface area (Å²) in [7, 11) is 1.63. The molecule has 6 heteroatoms. The fourth-order valence-corrected chi connectivity index (χ4v) is 2.95. The first-order chi connectivity index (χ1) is 11.6. The molecule has 0 aliphatic heterocycles. The Morgan fingerprint density at radius 3 is 2.42 bits per heavy atom. The average molecular weight is 325 g/mol. The van der Waals surface area contributed by atoms with Crippen molar-refractivity contribution in [3.8, 4) is 0 Å². The fourth-order valence-electron chi connectivity index (χ4n) is 2.95. The van der Waals surface area contributed by atoms with E-state index in [1.165, 1.54) is 17.3 Å². The van der Waals surface area contributed by atoms with Crippen molar-refractivity contribution in [3.05, 3.63) is 59.9 Å². The highest BCUT2D eigenvalue weighted by atomic mass is 16.5. The van der Waals surface area contributed by atoms with Gasteiger partial charge in [0.25, 0.3) is 0 Å². The SMILES string of the molecule is COC1(CNC(=O)C(=O)Nc2cccnc2)Cc2ccccc2C1. The van der Waals surface area contributed by atoms with E-state index < -0.39 is 17.4 Å². The van der Waals surface area contributed by atoms with Crippen LogP contribution in [0.5, 0.6) is 0 Å². The standard InChI is InChI=1S/C18H19N3O3/c1-24-18(9-13-5-2-3-6-14(13)10-18)12-20-16(22)17(23)21-15-7-4-8-19-11-15/h2-8,11H,9-10,12H2,1H3,(H,20,22)(H,21,23). The molecule has 0 bridgehead atoms. The van der Waals surface area contributed by atoms with Crippen molar-refractivity contribution < 1.29 is 14.3 Å². The molecule has 1 aliphatic rings. The van der Waals surface area contributed by atoms with E-state index >= 15 is 0 Å². The Balaban J connectivity index is 1.58. The third-order valence-electron chi connectivity index (χ3n) is 4.27. The molecule has 124 valence electrons. The zero-order valence-electron chi connectivity index (χ0n) is 13.4. The summed E-state index contributed by atoms with van der Waals surface area (Å²) in [4.78, 5) is 27.9. The van der Waals surface area contributed by atoms with Gasteiger partial charge in [-0.1, -0.05) is 24.3 Å². The van der Waals surface area contributed by atoms with Gasteiger partial charge in [0.2, 0.25) is 0 Å². The number of fused-ring (bicyclic) bond motifs is 1. The number of methoxy groups -OCH3 is 1. The summed E-state index contributed by atoms with van der Waals surface area (Å²) in [5.41, 5.74) is 2.41. The maximum absolute atomic E-state index is 12.0. The van der Waals surface area contributed by atoms with Gasteiger partial charge in [0.15, 0.2) is 0 Å². The van der Waals surface area contributed by atoms with Crippen LogP contribution in [0.15, 0.2) is 48.8 Å². The Kier molecular flexibility index (Phi) is 4.57. The van der Waals surface area contributed by atoms with Crippen molar-refractivity contribution in [2.45, 2.75) is 18.4 Å². The third kappa shape index (κ3) is 3.44. The largest absolute Gasteiger partial charge is 0.376 e. The minimum atomic E-state index is -0.718. The normalized spacial score (nSPS) is 14.7. The van der Waals surface area contributed by atoms with Crippen LogP contribution in [0.4, 0.5) is 5.69 Å². The number of ether oxygens (including phenoxy) is 1. The maximum atomic E-state index is 12.0. The molecule has 1 aliphatic carbocycles. The molecule has 0 spiro atoms. The van der Waals surface area contributed by atoms with E-state index in [9.17, 15) is 9.59 Å². The van der Waals surface area contributed by atoms with Gasteiger partial charge in [0, 0.05) is 32.7 Å². The monoisotopic (exact) mass is 325 g/mol. The zero-order valence-corrected chi connectivity index (χ0v) is 13.4. The van der Waals surface area contributed by atoms with Gasteiger partial charge in [-0.3, -0.25) is 14.6 Å². The van der Waals surface area contributed by atoms with Crippen LogP contribution in [0.3, 0.4) is 0 Å². The van der Waals surface area contributed by atoms with Crippen molar-refractivity contribution in [1.29, 1.82) is 0 Å². The van der Waals surface area contributed by atoms with Gasteiger partial charge in [-0.05, 0) is 23.3 Å². The number of carbonyl (C=O) groups excluding carboxylic acids is 2. The topological polar surface area (TPSA) is 80.3 Å². The second kappa shape index (κ2) is 6.80. The maximum Gasteiger partial charge on any atom is 0.313 e. The summed E-state index contributed by atoms with van der Waals surface area (Å²) in [5.74, 6) is -1.41. The fraction of sp³-hybridized carbons (Fsp3) is 0.278. The number of nitrogens with one attached hydrogen (secondary N) is 2. The summed E-state index contributed by atoms with van der Waals surface area (Å²) in [6, 6.07) is 11.5. The van der Waals surface area contributed by atoms with E-state index in [2.05, 4.69) is 27.8 Å². The molecule has 0 fully saturated rings. The first kappa shape index (κ1) is 16.1. The third-order valence-corrected chi connectivity index (χ3v) is 4.27. The summed E-state index contributed by atoms with van der Waals surface area (Å²) < 4.78 is 5.67. The molecule has 1 heterocycles. The number of rotatable bonds is 4. The average Bonchev–Trinajstić information content (AvgIpc) is 2.99. The van der Waals surface area contributed by atoms with E-state index in [1.807, 2.05) is 12.1 Å². The molecule has 0 saturated carbocycles. The van der Waals surface area contributed by atoms with Crippen molar-refractivity contribution >= 4 is 17.5 Å². The second-order valence-electron chi connectivity index (χ2n) is 5.89. The molecule has 2 aromatic rings. The zero-order chi connectivity index (χ0) is 17.0. The molecule has 0 radical (unpaired) electrons. The number of carbonyl (C=O) groups is 2. The Labute approximate surface area is 140 Å². The lowest BCUT2D eigenvalue weighted by molar-refractivity contribution is -0.137. The van der Waals surface area contributed by atoms with Crippen molar-refractivity contribution in [2.75, 3.05) is 19.0 Å². The van der Waals surface area contributed by atoms with Gasteiger partial charge in [0.1, 0.15) is 0 Å². The quantitative estimate of drug-likeness (QED) is 0.831. The first-order valence-electron chi connectivity index (χ1n) is 7.73. The number of aromatic nitrogens is 1. The summed E-state index contributed by atoms with van der Waals surface area (Å²) in [5, 5.41) is 5.19. The molecule has 0 atom stereocenters. The highest BCUT2D eigenvalue weighted by molar-refractivity contribution is 6.39. The molecule has 24 heavy (non-hydrogen) atoms. The molecule has 0 unspecified atom stereocenters. The van der Waals surface area contributed by atoms with E-state index in [0.717, 1.165) is 0 Å². The number of amides is 2. The minimum absolute atomic E-state index is 0.275. The molecular formula is C18H19N3O3. The molecule has 1 aromatic carbocycles. The van der Waals surface area contributed by atoms with Crippen LogP contribution in [0.25, 0.3) is 0 Å².